The van der Waals surface area contributed by atoms with Crippen molar-refractivity contribution in [2.24, 2.45) is 11.8 Å². The predicted molar refractivity (Wildman–Crippen MR) is 80.6 cm³/mol. The summed E-state index contributed by atoms with van der Waals surface area (Å²) in [6, 6.07) is 4.63. The molecule has 2 fully saturated rings. The van der Waals surface area contributed by atoms with Crippen LogP contribution >= 0.6 is 0 Å². The molecule has 1 aromatic rings. The Labute approximate surface area is 134 Å². The number of carbonyl (C=O) groups excluding carboxylic acids is 1. The molecule has 7 nitrogen and oxygen atoms in total. The zero-order valence-electron chi connectivity index (χ0n) is 12.8. The molecule has 0 spiro atoms. The second-order valence-corrected chi connectivity index (χ2v) is 8.19. The summed E-state index contributed by atoms with van der Waals surface area (Å²) in [6.45, 7) is 1.46. The second kappa shape index (κ2) is 5.10. The summed E-state index contributed by atoms with van der Waals surface area (Å²) < 4.78 is 37.6. The van der Waals surface area contributed by atoms with Crippen LogP contribution in [0.2, 0.25) is 0 Å². The summed E-state index contributed by atoms with van der Waals surface area (Å²) in [5.41, 5.74) is 0. The third kappa shape index (κ3) is 2.28. The van der Waals surface area contributed by atoms with Gasteiger partial charge in [0.2, 0.25) is 22.7 Å². The minimum Gasteiger partial charge on any atom is -0.454 e. The minimum atomic E-state index is -3.63. The molecule has 3 heterocycles. The SMILES string of the molecule is CN1CC[C@H]2CN(S(=O)(=O)c3ccc4c(c3)OCO4)C[C@@H]2C1=O. The van der Waals surface area contributed by atoms with E-state index in [9.17, 15) is 13.2 Å². The average Bonchev–Trinajstić information content (AvgIpc) is 3.17. The quantitative estimate of drug-likeness (QED) is 0.785. The molecule has 0 bridgehead atoms. The van der Waals surface area contributed by atoms with Crippen LogP contribution in [0.1, 0.15) is 6.42 Å². The lowest BCUT2D eigenvalue weighted by Crippen LogP contribution is -2.42. The van der Waals surface area contributed by atoms with E-state index in [1.54, 1.807) is 18.0 Å². The van der Waals surface area contributed by atoms with Gasteiger partial charge in [-0.15, -0.1) is 0 Å². The molecule has 0 saturated carbocycles. The molecule has 1 aromatic carbocycles. The molecule has 124 valence electrons. The Morgan fingerprint density at radius 3 is 2.78 bits per heavy atom. The smallest absolute Gasteiger partial charge is 0.243 e. The molecule has 2 saturated heterocycles. The van der Waals surface area contributed by atoms with E-state index in [1.165, 1.54) is 16.4 Å². The lowest BCUT2D eigenvalue weighted by molar-refractivity contribution is -0.137. The van der Waals surface area contributed by atoms with Gasteiger partial charge in [0, 0.05) is 32.7 Å². The fourth-order valence-corrected chi connectivity index (χ4v) is 5.08. The largest absolute Gasteiger partial charge is 0.454 e. The van der Waals surface area contributed by atoms with Crippen LogP contribution in [-0.2, 0) is 14.8 Å². The van der Waals surface area contributed by atoms with Gasteiger partial charge in [-0.05, 0) is 24.5 Å². The highest BCUT2D eigenvalue weighted by atomic mass is 32.2. The van der Waals surface area contributed by atoms with E-state index in [0.29, 0.717) is 24.6 Å². The first-order chi connectivity index (χ1) is 11.0. The van der Waals surface area contributed by atoms with E-state index in [-0.39, 0.29) is 36.0 Å². The molecule has 4 rings (SSSR count). The Bertz CT molecular complexity index is 763. The lowest BCUT2D eigenvalue weighted by Gasteiger charge is -2.30. The maximum absolute atomic E-state index is 12.9. The van der Waals surface area contributed by atoms with Crippen molar-refractivity contribution in [3.05, 3.63) is 18.2 Å². The molecule has 1 amide bonds. The average molecular weight is 338 g/mol. The number of benzene rings is 1. The van der Waals surface area contributed by atoms with Gasteiger partial charge in [0.25, 0.3) is 0 Å². The normalized spacial score (nSPS) is 27.3. The molecule has 2 atom stereocenters. The summed E-state index contributed by atoms with van der Waals surface area (Å²) in [5, 5.41) is 0. The monoisotopic (exact) mass is 338 g/mol. The van der Waals surface area contributed by atoms with Crippen molar-refractivity contribution >= 4 is 15.9 Å². The number of piperidine rings is 1. The van der Waals surface area contributed by atoms with Gasteiger partial charge in [0.15, 0.2) is 11.5 Å². The van der Waals surface area contributed by atoms with Crippen LogP contribution < -0.4 is 9.47 Å². The molecular weight excluding hydrogens is 320 g/mol. The van der Waals surface area contributed by atoms with Crippen LogP contribution in [0.15, 0.2) is 23.1 Å². The summed E-state index contributed by atoms with van der Waals surface area (Å²) in [5.74, 6) is 0.930. The van der Waals surface area contributed by atoms with Crippen LogP contribution in [0.5, 0.6) is 11.5 Å². The van der Waals surface area contributed by atoms with E-state index in [2.05, 4.69) is 0 Å². The number of rotatable bonds is 2. The third-order valence-electron chi connectivity index (χ3n) is 4.92. The summed E-state index contributed by atoms with van der Waals surface area (Å²) in [4.78, 5) is 14.1. The Balaban J connectivity index is 1.61. The molecule has 0 radical (unpaired) electrons. The number of nitrogens with zero attached hydrogens (tertiary/aromatic N) is 2. The standard InChI is InChI=1S/C15H18N2O5S/c1-16-5-4-10-7-17(8-12(10)15(16)18)23(19,20)11-2-3-13-14(6-11)22-9-21-13/h2-3,6,10,12H,4-5,7-9H2,1H3/t10-,12-/m0/s1. The molecule has 0 aromatic heterocycles. The molecule has 0 unspecified atom stereocenters. The van der Waals surface area contributed by atoms with E-state index < -0.39 is 10.0 Å². The van der Waals surface area contributed by atoms with Crippen molar-refractivity contribution in [3.63, 3.8) is 0 Å². The number of ether oxygens (including phenoxy) is 2. The number of fused-ring (bicyclic) bond motifs is 2. The molecule has 0 N–H and O–H groups in total. The zero-order valence-corrected chi connectivity index (χ0v) is 13.6. The van der Waals surface area contributed by atoms with Gasteiger partial charge in [-0.2, -0.15) is 4.31 Å². The highest BCUT2D eigenvalue weighted by Crippen LogP contribution is 2.38. The van der Waals surface area contributed by atoms with Gasteiger partial charge >= 0.3 is 0 Å². The third-order valence-corrected chi connectivity index (χ3v) is 6.75. The number of hydrogen-bond acceptors (Lipinski definition) is 5. The van der Waals surface area contributed by atoms with Crippen molar-refractivity contribution < 1.29 is 22.7 Å². The predicted octanol–water partition coefficient (Wildman–Crippen LogP) is 0.514. The van der Waals surface area contributed by atoms with Crippen LogP contribution in [-0.4, -0.2) is 57.0 Å². The van der Waals surface area contributed by atoms with E-state index >= 15 is 0 Å². The molecular formula is C15H18N2O5S. The van der Waals surface area contributed by atoms with Gasteiger partial charge in [-0.3, -0.25) is 4.79 Å². The number of likely N-dealkylation sites (tertiary alicyclic amines) is 1. The molecule has 3 aliphatic heterocycles. The highest BCUT2D eigenvalue weighted by Gasteiger charge is 2.45. The van der Waals surface area contributed by atoms with Crippen molar-refractivity contribution in [2.75, 3.05) is 33.5 Å². The Kier molecular flexibility index (Phi) is 3.28. The summed E-state index contributed by atoms with van der Waals surface area (Å²) in [6.07, 6.45) is 0.847. The molecule has 23 heavy (non-hydrogen) atoms. The maximum atomic E-state index is 12.9. The molecule has 3 aliphatic rings. The zero-order chi connectivity index (χ0) is 16.2. The Morgan fingerprint density at radius 1 is 1.17 bits per heavy atom. The maximum Gasteiger partial charge on any atom is 0.243 e. The second-order valence-electron chi connectivity index (χ2n) is 6.25. The van der Waals surface area contributed by atoms with Gasteiger partial charge < -0.3 is 14.4 Å². The van der Waals surface area contributed by atoms with Gasteiger partial charge in [-0.1, -0.05) is 0 Å². The summed E-state index contributed by atoms with van der Waals surface area (Å²) >= 11 is 0. The van der Waals surface area contributed by atoms with Crippen LogP contribution in [0, 0.1) is 11.8 Å². The lowest BCUT2D eigenvalue weighted by atomic mass is 9.88. The number of carbonyl (C=O) groups is 1. The fraction of sp³-hybridized carbons (Fsp3) is 0.533. The molecule has 8 heteroatoms. The first-order valence-electron chi connectivity index (χ1n) is 7.61. The van der Waals surface area contributed by atoms with Crippen LogP contribution in [0.25, 0.3) is 0 Å². The molecule has 0 aliphatic carbocycles. The number of sulfonamides is 1. The Morgan fingerprint density at radius 2 is 1.96 bits per heavy atom. The number of hydrogen-bond donors (Lipinski definition) is 0. The first-order valence-corrected chi connectivity index (χ1v) is 9.05. The van der Waals surface area contributed by atoms with Crippen molar-refractivity contribution in [1.29, 1.82) is 0 Å². The fourth-order valence-electron chi connectivity index (χ4n) is 3.54. The van der Waals surface area contributed by atoms with Gasteiger partial charge in [0.1, 0.15) is 0 Å². The summed E-state index contributed by atoms with van der Waals surface area (Å²) in [7, 11) is -1.86. The highest BCUT2D eigenvalue weighted by molar-refractivity contribution is 7.89. The van der Waals surface area contributed by atoms with Crippen molar-refractivity contribution in [3.8, 4) is 11.5 Å². The Hall–Kier alpha value is -1.80. The van der Waals surface area contributed by atoms with Crippen LogP contribution in [0.3, 0.4) is 0 Å². The van der Waals surface area contributed by atoms with Crippen molar-refractivity contribution in [1.82, 2.24) is 9.21 Å². The van der Waals surface area contributed by atoms with E-state index in [1.807, 2.05) is 0 Å². The van der Waals surface area contributed by atoms with Gasteiger partial charge in [0.05, 0.1) is 10.8 Å². The first kappa shape index (κ1) is 14.8. The van der Waals surface area contributed by atoms with E-state index in [4.69, 9.17) is 9.47 Å². The van der Waals surface area contributed by atoms with Crippen LogP contribution in [0.4, 0.5) is 0 Å². The minimum absolute atomic E-state index is 0.0460. The number of amides is 1. The van der Waals surface area contributed by atoms with Crippen molar-refractivity contribution in [2.45, 2.75) is 11.3 Å². The topological polar surface area (TPSA) is 76.2 Å². The van der Waals surface area contributed by atoms with Gasteiger partial charge in [-0.25, -0.2) is 8.42 Å². The van der Waals surface area contributed by atoms with E-state index in [0.717, 1.165) is 6.42 Å².